The molecular weight excluding hydrogens is 613 g/mol. The molecule has 11 rings (SSSR count). The van der Waals surface area contributed by atoms with Crippen LogP contribution in [0.3, 0.4) is 0 Å². The SMILES string of the molecule is c1ccc(N(c2ccc(C34CC5CC(CC(C5)C3)C4)cc2)c2cccc(N(c3ccccc3)c3cccc4c3sc3ccccc34)c2)cc1. The predicted octanol–water partition coefficient (Wildman–Crippen LogP) is 13.5. The summed E-state index contributed by atoms with van der Waals surface area (Å²) in [5.41, 5.74) is 8.98. The fraction of sp³-hybridized carbons (Fsp3) is 0.217. The van der Waals surface area contributed by atoms with Crippen LogP contribution in [0.1, 0.15) is 44.1 Å². The van der Waals surface area contributed by atoms with Gasteiger partial charge in [0.25, 0.3) is 0 Å². The van der Waals surface area contributed by atoms with Crippen LogP contribution >= 0.6 is 11.3 Å². The number of anilines is 6. The molecular formula is C46H40N2S. The maximum absolute atomic E-state index is 2.47. The van der Waals surface area contributed by atoms with Gasteiger partial charge in [0.15, 0.2) is 0 Å². The van der Waals surface area contributed by atoms with Gasteiger partial charge in [-0.15, -0.1) is 11.3 Å². The first-order chi connectivity index (χ1) is 24.2. The van der Waals surface area contributed by atoms with Gasteiger partial charge in [-0.25, -0.2) is 0 Å². The number of hydrogen-bond donors (Lipinski definition) is 0. The second kappa shape index (κ2) is 11.6. The van der Waals surface area contributed by atoms with Gasteiger partial charge in [0.2, 0.25) is 0 Å². The van der Waals surface area contributed by atoms with Crippen LogP contribution in [0.2, 0.25) is 0 Å². The maximum atomic E-state index is 2.47. The first kappa shape index (κ1) is 29.1. The average Bonchev–Trinajstić information content (AvgIpc) is 3.52. The minimum absolute atomic E-state index is 0.397. The summed E-state index contributed by atoms with van der Waals surface area (Å²) < 4.78 is 2.62. The van der Waals surface area contributed by atoms with Crippen molar-refractivity contribution in [2.24, 2.45) is 17.8 Å². The highest BCUT2D eigenvalue weighted by molar-refractivity contribution is 7.26. The lowest BCUT2D eigenvalue weighted by Gasteiger charge is -2.57. The van der Waals surface area contributed by atoms with Crippen molar-refractivity contribution in [2.45, 2.75) is 43.9 Å². The Bertz CT molecular complexity index is 2240. The molecule has 4 saturated carbocycles. The Hall–Kier alpha value is -4.86. The number of rotatable bonds is 7. The Morgan fingerprint density at radius 1 is 0.449 bits per heavy atom. The van der Waals surface area contributed by atoms with Gasteiger partial charge in [0.05, 0.1) is 10.4 Å². The second-order valence-electron chi connectivity index (χ2n) is 14.9. The van der Waals surface area contributed by atoms with Crippen LogP contribution in [-0.2, 0) is 5.41 Å². The molecule has 0 spiro atoms. The summed E-state index contributed by atoms with van der Waals surface area (Å²) in [5.74, 6) is 2.83. The van der Waals surface area contributed by atoms with E-state index in [4.69, 9.17) is 0 Å². The van der Waals surface area contributed by atoms with Gasteiger partial charge in [-0.2, -0.15) is 0 Å². The molecule has 4 bridgehead atoms. The van der Waals surface area contributed by atoms with Gasteiger partial charge in [-0.3, -0.25) is 0 Å². The highest BCUT2D eigenvalue weighted by Crippen LogP contribution is 2.61. The van der Waals surface area contributed by atoms with E-state index in [0.717, 1.165) is 34.8 Å². The molecule has 4 aliphatic carbocycles. The average molecular weight is 653 g/mol. The van der Waals surface area contributed by atoms with Crippen LogP contribution in [0, 0.1) is 17.8 Å². The molecule has 4 fully saturated rings. The van der Waals surface area contributed by atoms with E-state index in [0.29, 0.717) is 5.41 Å². The van der Waals surface area contributed by atoms with Gasteiger partial charge in [0.1, 0.15) is 0 Å². The van der Waals surface area contributed by atoms with Gasteiger partial charge in [-0.1, -0.05) is 84.9 Å². The maximum Gasteiger partial charge on any atom is 0.0640 e. The summed E-state index contributed by atoms with van der Waals surface area (Å²) >= 11 is 1.88. The molecule has 0 atom stereocenters. The van der Waals surface area contributed by atoms with E-state index in [-0.39, 0.29) is 0 Å². The lowest BCUT2D eigenvalue weighted by atomic mass is 9.48. The fourth-order valence-corrected chi connectivity index (χ4v) is 11.3. The minimum Gasteiger partial charge on any atom is -0.310 e. The Labute approximate surface area is 293 Å². The largest absolute Gasteiger partial charge is 0.310 e. The quantitative estimate of drug-likeness (QED) is 0.169. The molecule has 1 heterocycles. The molecule has 0 unspecified atom stereocenters. The van der Waals surface area contributed by atoms with E-state index in [2.05, 4.69) is 161 Å². The third-order valence-corrected chi connectivity index (χ3v) is 13.0. The van der Waals surface area contributed by atoms with Crippen molar-refractivity contribution in [2.75, 3.05) is 9.80 Å². The normalized spacial score (nSPS) is 22.5. The van der Waals surface area contributed by atoms with Crippen molar-refractivity contribution in [1.82, 2.24) is 0 Å². The van der Waals surface area contributed by atoms with Crippen molar-refractivity contribution in [3.63, 3.8) is 0 Å². The summed E-state index contributed by atoms with van der Waals surface area (Å²) in [6.07, 6.45) is 8.62. The predicted molar refractivity (Wildman–Crippen MR) is 209 cm³/mol. The molecule has 0 saturated heterocycles. The Kier molecular flexibility index (Phi) is 6.91. The molecule has 0 radical (unpaired) electrons. The van der Waals surface area contributed by atoms with Gasteiger partial charge >= 0.3 is 0 Å². The molecule has 3 heteroatoms. The van der Waals surface area contributed by atoms with Crippen LogP contribution in [-0.4, -0.2) is 0 Å². The molecule has 1 aromatic heterocycles. The molecule has 6 aromatic carbocycles. The standard InChI is InChI=1S/C46H40N2S/c1-3-11-36(12-4-1)47(38-23-21-35(22-24-38)46-29-32-25-33(30-46)27-34(26-32)31-46)39-15-9-16-40(28-39)48(37-13-5-2-6-14-37)43-19-10-18-42-41-17-7-8-20-44(41)49-45(42)43/h1-24,28,32-34H,25-27,29-31H2. The third kappa shape index (κ3) is 4.98. The van der Waals surface area contributed by atoms with Crippen LogP contribution in [0.25, 0.3) is 20.2 Å². The zero-order chi connectivity index (χ0) is 32.4. The summed E-state index contributed by atoms with van der Waals surface area (Å²) in [6, 6.07) is 56.0. The number of benzene rings is 6. The van der Waals surface area contributed by atoms with E-state index in [1.54, 1.807) is 5.56 Å². The Morgan fingerprint density at radius 3 is 1.63 bits per heavy atom. The molecule has 7 aromatic rings. The van der Waals surface area contributed by atoms with E-state index in [1.165, 1.54) is 75.8 Å². The summed E-state index contributed by atoms with van der Waals surface area (Å²) in [5, 5.41) is 2.62. The van der Waals surface area contributed by atoms with Crippen molar-refractivity contribution in [3.8, 4) is 0 Å². The minimum atomic E-state index is 0.397. The first-order valence-corrected chi connectivity index (χ1v) is 18.8. The fourth-order valence-electron chi connectivity index (χ4n) is 10.1. The number of fused-ring (bicyclic) bond motifs is 3. The lowest BCUT2D eigenvalue weighted by Crippen LogP contribution is -2.48. The summed E-state index contributed by atoms with van der Waals surface area (Å²) in [6.45, 7) is 0. The third-order valence-electron chi connectivity index (χ3n) is 11.8. The number of para-hydroxylation sites is 2. The molecule has 0 N–H and O–H groups in total. The molecule has 49 heavy (non-hydrogen) atoms. The molecule has 4 aliphatic rings. The highest BCUT2D eigenvalue weighted by atomic mass is 32.1. The van der Waals surface area contributed by atoms with Crippen LogP contribution in [0.4, 0.5) is 34.1 Å². The van der Waals surface area contributed by atoms with E-state index in [1.807, 2.05) is 11.3 Å². The molecule has 0 aliphatic heterocycles. The molecule has 240 valence electrons. The van der Waals surface area contributed by atoms with Gasteiger partial charge in [0, 0.05) is 43.9 Å². The topological polar surface area (TPSA) is 6.48 Å². The Morgan fingerprint density at radius 2 is 0.959 bits per heavy atom. The monoisotopic (exact) mass is 652 g/mol. The smallest absolute Gasteiger partial charge is 0.0640 e. The van der Waals surface area contributed by atoms with E-state index >= 15 is 0 Å². The van der Waals surface area contributed by atoms with Crippen molar-refractivity contribution >= 4 is 65.6 Å². The number of thiophene rings is 1. The van der Waals surface area contributed by atoms with Crippen molar-refractivity contribution in [1.29, 1.82) is 0 Å². The zero-order valence-electron chi connectivity index (χ0n) is 27.7. The molecule has 0 amide bonds. The number of hydrogen-bond acceptors (Lipinski definition) is 3. The van der Waals surface area contributed by atoms with Gasteiger partial charge in [-0.05, 0) is 134 Å². The van der Waals surface area contributed by atoms with Crippen molar-refractivity contribution < 1.29 is 0 Å². The summed E-state index contributed by atoms with van der Waals surface area (Å²) in [4.78, 5) is 4.86. The van der Waals surface area contributed by atoms with Crippen LogP contribution in [0.15, 0.2) is 152 Å². The molecule has 2 nitrogen and oxygen atoms in total. The van der Waals surface area contributed by atoms with E-state index in [9.17, 15) is 0 Å². The van der Waals surface area contributed by atoms with Crippen molar-refractivity contribution in [3.05, 3.63) is 157 Å². The van der Waals surface area contributed by atoms with Gasteiger partial charge < -0.3 is 9.80 Å². The first-order valence-electron chi connectivity index (χ1n) is 18.0. The van der Waals surface area contributed by atoms with Crippen LogP contribution in [0.5, 0.6) is 0 Å². The number of nitrogens with zero attached hydrogens (tertiary/aromatic N) is 2. The van der Waals surface area contributed by atoms with E-state index < -0.39 is 0 Å². The lowest BCUT2D eigenvalue weighted by molar-refractivity contribution is -0.00518. The second-order valence-corrected chi connectivity index (χ2v) is 15.9. The van der Waals surface area contributed by atoms with Crippen LogP contribution < -0.4 is 9.80 Å². The highest BCUT2D eigenvalue weighted by Gasteiger charge is 2.51. The summed E-state index contributed by atoms with van der Waals surface area (Å²) in [7, 11) is 0. The Balaban J connectivity index is 1.08. The zero-order valence-corrected chi connectivity index (χ0v) is 28.5.